The van der Waals surface area contributed by atoms with Crippen LogP contribution in [-0.4, -0.2) is 50.7 Å². The summed E-state index contributed by atoms with van der Waals surface area (Å²) in [6, 6.07) is 2.81. The Kier molecular flexibility index (Phi) is 4.31. The van der Waals surface area contributed by atoms with Gasteiger partial charge in [-0.1, -0.05) is 0 Å². The highest BCUT2D eigenvalue weighted by atomic mass is 16.6. The molecule has 110 valence electrons. The van der Waals surface area contributed by atoms with Crippen LogP contribution >= 0.6 is 0 Å². The quantitative estimate of drug-likeness (QED) is 0.770. The fourth-order valence-corrected chi connectivity index (χ4v) is 2.03. The lowest BCUT2D eigenvalue weighted by molar-refractivity contribution is -0.0514. The minimum atomic E-state index is -1.11. The standard InChI is InChI=1S/C13H17NO6/c1-17-5-11-12(6-18-2)20-10-4-8(14)7(13(15)16)3-9(10)19-11/h3-4,11-12H,5-6,14H2,1-2H3,(H,15,16)/t11-,12-/m1/s1. The Morgan fingerprint density at radius 1 is 1.20 bits per heavy atom. The molecule has 0 aliphatic carbocycles. The number of ether oxygens (including phenoxy) is 4. The van der Waals surface area contributed by atoms with Crippen LogP contribution in [0.2, 0.25) is 0 Å². The van der Waals surface area contributed by atoms with Gasteiger partial charge in [0.05, 0.1) is 24.5 Å². The van der Waals surface area contributed by atoms with Gasteiger partial charge in [0.2, 0.25) is 0 Å². The van der Waals surface area contributed by atoms with Crippen LogP contribution in [0.5, 0.6) is 11.5 Å². The molecule has 0 saturated carbocycles. The second-order valence-corrected chi connectivity index (χ2v) is 4.41. The van der Waals surface area contributed by atoms with E-state index in [1.165, 1.54) is 12.1 Å². The number of carboxylic acid groups (broad SMARTS) is 1. The molecule has 1 aliphatic heterocycles. The van der Waals surface area contributed by atoms with Crippen molar-refractivity contribution in [2.75, 3.05) is 33.2 Å². The van der Waals surface area contributed by atoms with E-state index in [2.05, 4.69) is 0 Å². The van der Waals surface area contributed by atoms with Crippen molar-refractivity contribution in [3.8, 4) is 11.5 Å². The Bertz CT molecular complexity index is 504. The van der Waals surface area contributed by atoms with Crippen LogP contribution in [0.15, 0.2) is 12.1 Å². The average molecular weight is 283 g/mol. The zero-order valence-corrected chi connectivity index (χ0v) is 11.3. The van der Waals surface area contributed by atoms with Crippen LogP contribution in [0.4, 0.5) is 5.69 Å². The molecule has 1 aliphatic rings. The van der Waals surface area contributed by atoms with Crippen LogP contribution < -0.4 is 15.2 Å². The maximum absolute atomic E-state index is 11.1. The van der Waals surface area contributed by atoms with Crippen molar-refractivity contribution in [1.29, 1.82) is 0 Å². The smallest absolute Gasteiger partial charge is 0.337 e. The van der Waals surface area contributed by atoms with Crippen molar-refractivity contribution >= 4 is 11.7 Å². The molecule has 0 saturated heterocycles. The first-order valence-corrected chi connectivity index (χ1v) is 6.04. The second-order valence-electron chi connectivity index (χ2n) is 4.41. The number of anilines is 1. The van der Waals surface area contributed by atoms with Crippen molar-refractivity contribution in [3.05, 3.63) is 17.7 Å². The summed E-state index contributed by atoms with van der Waals surface area (Å²) in [5, 5.41) is 9.05. The molecule has 0 bridgehead atoms. The highest BCUT2D eigenvalue weighted by Crippen LogP contribution is 2.37. The van der Waals surface area contributed by atoms with Gasteiger partial charge in [-0.15, -0.1) is 0 Å². The molecule has 0 fully saturated rings. The lowest BCUT2D eigenvalue weighted by Crippen LogP contribution is -2.45. The topological polar surface area (TPSA) is 100 Å². The molecule has 1 aromatic carbocycles. The molecule has 0 unspecified atom stereocenters. The van der Waals surface area contributed by atoms with Crippen molar-refractivity contribution in [2.24, 2.45) is 0 Å². The minimum absolute atomic E-state index is 0.0197. The predicted molar refractivity (Wildman–Crippen MR) is 70.4 cm³/mol. The molecular formula is C13H17NO6. The van der Waals surface area contributed by atoms with Crippen LogP contribution in [0.1, 0.15) is 10.4 Å². The molecule has 20 heavy (non-hydrogen) atoms. The number of hydrogen-bond acceptors (Lipinski definition) is 6. The highest BCUT2D eigenvalue weighted by molar-refractivity contribution is 5.94. The van der Waals surface area contributed by atoms with Gasteiger partial charge >= 0.3 is 5.97 Å². The van der Waals surface area contributed by atoms with Gasteiger partial charge in [-0.3, -0.25) is 0 Å². The van der Waals surface area contributed by atoms with Gasteiger partial charge in [0.1, 0.15) is 0 Å². The first-order valence-electron chi connectivity index (χ1n) is 6.04. The Labute approximate surface area is 116 Å². The molecule has 0 amide bonds. The van der Waals surface area contributed by atoms with Crippen molar-refractivity contribution < 1.29 is 28.8 Å². The summed E-state index contributed by atoms with van der Waals surface area (Å²) in [5.74, 6) is -0.371. The third-order valence-electron chi connectivity index (χ3n) is 2.98. The van der Waals surface area contributed by atoms with E-state index in [4.69, 9.17) is 29.8 Å². The monoisotopic (exact) mass is 283 g/mol. The first-order chi connectivity index (χ1) is 9.56. The fourth-order valence-electron chi connectivity index (χ4n) is 2.03. The lowest BCUT2D eigenvalue weighted by atomic mass is 10.1. The van der Waals surface area contributed by atoms with Crippen molar-refractivity contribution in [2.45, 2.75) is 12.2 Å². The van der Waals surface area contributed by atoms with Gasteiger partial charge < -0.3 is 29.8 Å². The number of hydrogen-bond donors (Lipinski definition) is 2. The summed E-state index contributed by atoms with van der Waals surface area (Å²) in [5.41, 5.74) is 5.79. The Morgan fingerprint density at radius 3 is 2.15 bits per heavy atom. The van der Waals surface area contributed by atoms with E-state index >= 15 is 0 Å². The molecule has 2 rings (SSSR count). The molecule has 7 nitrogen and oxygen atoms in total. The molecule has 0 aromatic heterocycles. The van der Waals surface area contributed by atoms with Gasteiger partial charge in [0, 0.05) is 26.4 Å². The number of nitrogens with two attached hydrogens (primary N) is 1. The second kappa shape index (κ2) is 5.98. The van der Waals surface area contributed by atoms with Crippen LogP contribution in [-0.2, 0) is 9.47 Å². The van der Waals surface area contributed by atoms with Gasteiger partial charge in [-0.05, 0) is 0 Å². The molecule has 1 aromatic rings. The zero-order chi connectivity index (χ0) is 14.7. The number of carbonyl (C=O) groups is 1. The molecule has 2 atom stereocenters. The number of carboxylic acids is 1. The van der Waals surface area contributed by atoms with E-state index in [9.17, 15) is 4.79 Å². The van der Waals surface area contributed by atoms with Crippen LogP contribution in [0.3, 0.4) is 0 Å². The van der Waals surface area contributed by atoms with Gasteiger partial charge in [0.15, 0.2) is 23.7 Å². The summed E-state index contributed by atoms with van der Waals surface area (Å²) in [6.45, 7) is 0.633. The third-order valence-corrected chi connectivity index (χ3v) is 2.98. The van der Waals surface area contributed by atoms with E-state index in [0.29, 0.717) is 24.7 Å². The molecule has 1 heterocycles. The van der Waals surface area contributed by atoms with Crippen molar-refractivity contribution in [1.82, 2.24) is 0 Å². The van der Waals surface area contributed by atoms with E-state index < -0.39 is 5.97 Å². The summed E-state index contributed by atoms with van der Waals surface area (Å²) in [7, 11) is 3.11. The Morgan fingerprint density at radius 2 is 1.70 bits per heavy atom. The summed E-state index contributed by atoms with van der Waals surface area (Å²) in [6.07, 6.45) is -0.722. The van der Waals surface area contributed by atoms with E-state index in [1.54, 1.807) is 14.2 Å². The van der Waals surface area contributed by atoms with Crippen LogP contribution in [0, 0.1) is 0 Å². The van der Waals surface area contributed by atoms with Gasteiger partial charge in [0.25, 0.3) is 0 Å². The van der Waals surface area contributed by atoms with E-state index in [-0.39, 0.29) is 23.5 Å². The number of fused-ring (bicyclic) bond motifs is 1. The number of methoxy groups -OCH3 is 2. The third kappa shape index (κ3) is 2.78. The first kappa shape index (κ1) is 14.4. The largest absolute Gasteiger partial charge is 0.480 e. The highest BCUT2D eigenvalue weighted by Gasteiger charge is 2.32. The summed E-state index contributed by atoms with van der Waals surface area (Å²) in [4.78, 5) is 11.1. The van der Waals surface area contributed by atoms with Gasteiger partial charge in [-0.25, -0.2) is 4.79 Å². The normalized spacial score (nSPS) is 20.7. The summed E-state index contributed by atoms with van der Waals surface area (Å²) < 4.78 is 21.6. The number of nitrogen functional groups attached to an aromatic ring is 1. The number of rotatable bonds is 5. The Hall–Kier alpha value is -1.99. The maximum Gasteiger partial charge on any atom is 0.337 e. The maximum atomic E-state index is 11.1. The average Bonchev–Trinajstić information content (AvgIpc) is 2.39. The lowest BCUT2D eigenvalue weighted by Gasteiger charge is -2.33. The van der Waals surface area contributed by atoms with Crippen molar-refractivity contribution in [3.63, 3.8) is 0 Å². The zero-order valence-electron chi connectivity index (χ0n) is 11.3. The molecular weight excluding hydrogens is 266 g/mol. The molecule has 3 N–H and O–H groups in total. The molecule has 0 spiro atoms. The van der Waals surface area contributed by atoms with Crippen LogP contribution in [0.25, 0.3) is 0 Å². The number of aromatic carboxylic acids is 1. The SMILES string of the molecule is COC[C@H]1Oc2cc(N)c(C(=O)O)cc2O[C@@H]1COC. The van der Waals surface area contributed by atoms with Gasteiger partial charge in [-0.2, -0.15) is 0 Å². The minimum Gasteiger partial charge on any atom is -0.480 e. The number of benzene rings is 1. The van der Waals surface area contributed by atoms with E-state index in [1.807, 2.05) is 0 Å². The predicted octanol–water partition coefficient (Wildman–Crippen LogP) is 0.768. The van der Waals surface area contributed by atoms with E-state index in [0.717, 1.165) is 0 Å². The molecule has 7 heteroatoms. The fraction of sp³-hybridized carbons (Fsp3) is 0.462. The molecule has 0 radical (unpaired) electrons. The Balaban J connectivity index is 2.32. The summed E-state index contributed by atoms with van der Waals surface area (Å²) >= 11 is 0.